The van der Waals surface area contributed by atoms with E-state index in [2.05, 4.69) is 10.0 Å². The average Bonchev–Trinajstić information content (AvgIpc) is 3.21. The number of ether oxygens (including phenoxy) is 2. The van der Waals surface area contributed by atoms with Gasteiger partial charge < -0.3 is 14.8 Å². The molecule has 33 heavy (non-hydrogen) atoms. The predicted octanol–water partition coefficient (Wildman–Crippen LogP) is 2.46. The summed E-state index contributed by atoms with van der Waals surface area (Å²) in [4.78, 5) is 12.4. The van der Waals surface area contributed by atoms with E-state index in [9.17, 15) is 17.4 Å². The van der Waals surface area contributed by atoms with E-state index < -0.39 is 26.2 Å². The molecular weight excluding hydrogens is 486 g/mol. The number of amides is 1. The first-order chi connectivity index (χ1) is 15.6. The SMILES string of the molecule is CCN[C@H]1CN(CCCOC)S(=O)(=O)c2sc([SH](C)(=O)NC(=O)Oc3ccccc3C)cc21. The van der Waals surface area contributed by atoms with Gasteiger partial charge in [0.2, 0.25) is 0 Å². The van der Waals surface area contributed by atoms with Crippen LogP contribution in [0.4, 0.5) is 4.79 Å². The number of carbonyl (C=O) groups is 1. The number of carbonyl (C=O) groups excluding carboxylic acids is 1. The minimum Gasteiger partial charge on any atom is -0.409 e. The number of hydrogen-bond acceptors (Lipinski definition) is 8. The molecule has 0 saturated heterocycles. The molecule has 12 heteroatoms. The third-order valence-electron chi connectivity index (χ3n) is 5.28. The number of aryl methyl sites for hydroxylation is 1. The van der Waals surface area contributed by atoms with E-state index in [0.717, 1.165) is 16.9 Å². The van der Waals surface area contributed by atoms with Crippen LogP contribution in [0, 0.1) is 6.92 Å². The van der Waals surface area contributed by atoms with E-state index >= 15 is 0 Å². The van der Waals surface area contributed by atoms with E-state index in [1.807, 2.05) is 13.0 Å². The first kappa shape index (κ1) is 25.8. The molecule has 1 aromatic carbocycles. The molecule has 2 N–H and O–H groups in total. The molecule has 1 aliphatic heterocycles. The molecule has 0 unspecified atom stereocenters. The Balaban J connectivity index is 1.86. The molecule has 2 aromatic rings. The van der Waals surface area contributed by atoms with Crippen molar-refractivity contribution in [3.63, 3.8) is 0 Å². The van der Waals surface area contributed by atoms with Crippen molar-refractivity contribution in [3.8, 4) is 5.75 Å². The van der Waals surface area contributed by atoms with Gasteiger partial charge in [-0.15, -0.1) is 11.3 Å². The van der Waals surface area contributed by atoms with Crippen molar-refractivity contribution in [2.75, 3.05) is 39.6 Å². The topological polar surface area (TPSA) is 114 Å². The maximum absolute atomic E-state index is 13.4. The minimum absolute atomic E-state index is 0.156. The highest BCUT2D eigenvalue weighted by Gasteiger charge is 2.39. The van der Waals surface area contributed by atoms with Crippen LogP contribution in [0.25, 0.3) is 0 Å². The molecule has 1 amide bonds. The summed E-state index contributed by atoms with van der Waals surface area (Å²) in [5.74, 6) is 0.363. The van der Waals surface area contributed by atoms with Crippen molar-refractivity contribution in [2.24, 2.45) is 0 Å². The van der Waals surface area contributed by atoms with E-state index in [1.54, 1.807) is 38.3 Å². The summed E-state index contributed by atoms with van der Waals surface area (Å²) in [5, 5.41) is 3.31. The lowest BCUT2D eigenvalue weighted by molar-refractivity contribution is 0.185. The van der Waals surface area contributed by atoms with Crippen molar-refractivity contribution in [1.29, 1.82) is 0 Å². The Labute approximate surface area is 200 Å². The molecule has 1 aromatic heterocycles. The number of hydrogen-bond donors (Lipinski definition) is 3. The number of rotatable bonds is 9. The summed E-state index contributed by atoms with van der Waals surface area (Å²) >= 11 is 0.939. The second kappa shape index (κ2) is 10.6. The van der Waals surface area contributed by atoms with Crippen LogP contribution in [0.15, 0.2) is 38.8 Å². The molecule has 1 aliphatic rings. The fourth-order valence-corrected chi connectivity index (χ4v) is 8.92. The molecule has 9 nitrogen and oxygen atoms in total. The van der Waals surface area contributed by atoms with Gasteiger partial charge in [-0.2, -0.15) is 4.31 Å². The number of para-hydroxylation sites is 1. The van der Waals surface area contributed by atoms with Crippen molar-refractivity contribution in [3.05, 3.63) is 41.5 Å². The Hall–Kier alpha value is -1.83. The molecule has 0 saturated carbocycles. The van der Waals surface area contributed by atoms with Crippen LogP contribution >= 0.6 is 11.3 Å². The lowest BCUT2D eigenvalue weighted by Gasteiger charge is -2.32. The number of thiophene rings is 1. The number of fused-ring (bicyclic) bond motifs is 1. The lowest BCUT2D eigenvalue weighted by Crippen LogP contribution is -2.43. The van der Waals surface area contributed by atoms with E-state index in [-0.39, 0.29) is 16.8 Å². The van der Waals surface area contributed by atoms with Gasteiger partial charge in [0.25, 0.3) is 10.0 Å². The van der Waals surface area contributed by atoms with Crippen LogP contribution in [0.2, 0.25) is 0 Å². The monoisotopic (exact) mass is 517 g/mol. The molecule has 0 aliphatic carbocycles. The third kappa shape index (κ3) is 5.81. The Morgan fingerprint density at radius 1 is 1.33 bits per heavy atom. The van der Waals surface area contributed by atoms with Crippen LogP contribution in [0.3, 0.4) is 0 Å². The van der Waals surface area contributed by atoms with Crippen LogP contribution in [0.5, 0.6) is 5.75 Å². The molecule has 2 heterocycles. The lowest BCUT2D eigenvalue weighted by atomic mass is 10.1. The maximum atomic E-state index is 13.4. The highest BCUT2D eigenvalue weighted by molar-refractivity contribution is 8.03. The van der Waals surface area contributed by atoms with Crippen molar-refractivity contribution >= 4 is 37.6 Å². The highest BCUT2D eigenvalue weighted by atomic mass is 32.3. The summed E-state index contributed by atoms with van der Waals surface area (Å²) in [6.45, 7) is 5.45. The summed E-state index contributed by atoms with van der Waals surface area (Å²) < 4.78 is 54.7. The second-order valence-electron chi connectivity index (χ2n) is 7.84. The van der Waals surface area contributed by atoms with Gasteiger partial charge in [0, 0.05) is 44.7 Å². The summed E-state index contributed by atoms with van der Waals surface area (Å²) in [6.07, 6.45) is 1.11. The van der Waals surface area contributed by atoms with Gasteiger partial charge >= 0.3 is 6.09 Å². The Morgan fingerprint density at radius 3 is 2.73 bits per heavy atom. The Morgan fingerprint density at radius 2 is 2.06 bits per heavy atom. The summed E-state index contributed by atoms with van der Waals surface area (Å²) in [5.41, 5.74) is 1.34. The number of methoxy groups -OCH3 is 1. The molecule has 0 fully saturated rings. The van der Waals surface area contributed by atoms with Gasteiger partial charge in [-0.25, -0.2) is 13.2 Å². The third-order valence-corrected chi connectivity index (χ3v) is 11.5. The molecule has 0 spiro atoms. The maximum Gasteiger partial charge on any atom is 0.423 e. The van der Waals surface area contributed by atoms with E-state index in [0.29, 0.717) is 41.6 Å². The first-order valence-electron chi connectivity index (χ1n) is 10.6. The van der Waals surface area contributed by atoms with Crippen LogP contribution in [-0.4, -0.2) is 62.6 Å². The van der Waals surface area contributed by atoms with Crippen LogP contribution in [-0.2, 0) is 24.9 Å². The van der Waals surface area contributed by atoms with Gasteiger partial charge in [-0.3, -0.25) is 8.93 Å². The zero-order chi connectivity index (χ0) is 24.2. The minimum atomic E-state index is -3.75. The predicted molar refractivity (Wildman–Crippen MR) is 130 cm³/mol. The largest absolute Gasteiger partial charge is 0.423 e. The van der Waals surface area contributed by atoms with Gasteiger partial charge in [0.1, 0.15) is 9.96 Å². The molecule has 184 valence electrons. The molecule has 3 rings (SSSR count). The molecule has 0 bridgehead atoms. The fourth-order valence-electron chi connectivity index (χ4n) is 3.59. The number of thiol groups is 1. The van der Waals surface area contributed by atoms with Crippen LogP contribution in [0.1, 0.15) is 30.5 Å². The smallest absolute Gasteiger partial charge is 0.409 e. The fraction of sp³-hybridized carbons (Fsp3) is 0.476. The number of nitrogens with zero attached hydrogens (tertiary/aromatic N) is 1. The molecule has 0 radical (unpaired) electrons. The standard InChI is InChI=1S/C21H31N3O6S3/c1-5-22-17-14-24(11-8-12-29-3)33(27,28)20-16(17)13-19(31-20)32(4,26)23-21(25)30-18-10-7-6-9-15(18)2/h6-7,9-10,13,17,22,32H,5,8,11-12,14H2,1-4H3,(H,23,25,26)/t17-/m0/s1. The average molecular weight is 518 g/mol. The zero-order valence-corrected chi connectivity index (χ0v) is 21.7. The van der Waals surface area contributed by atoms with Gasteiger partial charge in [0.15, 0.2) is 0 Å². The summed E-state index contributed by atoms with van der Waals surface area (Å²) in [7, 11) is -5.61. The van der Waals surface area contributed by atoms with Gasteiger partial charge in [0.05, 0.1) is 4.21 Å². The van der Waals surface area contributed by atoms with Crippen molar-refractivity contribution in [2.45, 2.75) is 34.7 Å². The second-order valence-corrected chi connectivity index (χ2v) is 13.9. The van der Waals surface area contributed by atoms with Gasteiger partial charge in [-0.1, -0.05) is 25.1 Å². The number of likely N-dealkylation sites (N-methyl/N-ethyl adjacent to an activating group) is 1. The van der Waals surface area contributed by atoms with Crippen molar-refractivity contribution in [1.82, 2.24) is 14.3 Å². The molecular formula is C21H31N3O6S3. The number of benzene rings is 1. The molecule has 1 atom stereocenters. The Kier molecular flexibility index (Phi) is 8.30. The normalized spacial score (nSPS) is 18.5. The highest BCUT2D eigenvalue weighted by Crippen LogP contribution is 2.41. The van der Waals surface area contributed by atoms with Crippen molar-refractivity contribution < 1.29 is 26.9 Å². The van der Waals surface area contributed by atoms with E-state index in [4.69, 9.17) is 9.47 Å². The Bertz CT molecular complexity index is 1150. The van der Waals surface area contributed by atoms with E-state index in [1.165, 1.54) is 10.6 Å². The van der Waals surface area contributed by atoms with Crippen LogP contribution < -0.4 is 14.8 Å². The quantitative estimate of drug-likeness (QED) is 0.346. The zero-order valence-electron chi connectivity index (χ0n) is 19.2. The first-order valence-corrected chi connectivity index (χ1v) is 15.0. The number of nitrogens with one attached hydrogen (secondary N) is 2. The summed E-state index contributed by atoms with van der Waals surface area (Å²) in [6, 6.07) is 8.39. The number of sulfonamides is 1. The van der Waals surface area contributed by atoms with Gasteiger partial charge in [-0.05, 0) is 47.7 Å².